The van der Waals surface area contributed by atoms with Gasteiger partial charge in [-0.2, -0.15) is 0 Å². The number of rotatable bonds is 0. The van der Waals surface area contributed by atoms with E-state index in [-0.39, 0.29) is 0 Å². The summed E-state index contributed by atoms with van der Waals surface area (Å²) in [5, 5.41) is 7.00. The summed E-state index contributed by atoms with van der Waals surface area (Å²) >= 11 is 0. The Morgan fingerprint density at radius 3 is 0.909 bits per heavy atom. The van der Waals surface area contributed by atoms with Crippen LogP contribution in [0.1, 0.15) is 54.9 Å². The van der Waals surface area contributed by atoms with Crippen molar-refractivity contribution in [1.29, 1.82) is 0 Å². The fourth-order valence-electron chi connectivity index (χ4n) is 0. The maximum absolute atomic E-state index is 7.00. The van der Waals surface area contributed by atoms with Gasteiger partial charge in [-0.05, 0) is 5.92 Å². The van der Waals surface area contributed by atoms with Crippen molar-refractivity contribution in [1.82, 2.24) is 0 Å². The summed E-state index contributed by atoms with van der Waals surface area (Å²) in [6, 6.07) is 0. The van der Waals surface area contributed by atoms with E-state index in [4.69, 9.17) is 5.11 Å². The van der Waals surface area contributed by atoms with E-state index < -0.39 is 0 Å². The first-order chi connectivity index (χ1) is 5.15. The van der Waals surface area contributed by atoms with Crippen LogP contribution in [0.5, 0.6) is 0 Å². The van der Waals surface area contributed by atoms with Crippen molar-refractivity contribution >= 4 is 0 Å². The van der Waals surface area contributed by atoms with Gasteiger partial charge >= 0.3 is 0 Å². The zero-order valence-electron chi connectivity index (χ0n) is 9.73. The standard InChI is InChI=1S/C4H10.C3H8.C2H6.CH4O/c1-4(2)3;1-3-2;2*1-2/h4H,1-3H3;3H2,1-2H3;1-2H3;2H,1H3. The van der Waals surface area contributed by atoms with Crippen molar-refractivity contribution < 1.29 is 5.11 Å². The van der Waals surface area contributed by atoms with E-state index in [0.29, 0.717) is 0 Å². The van der Waals surface area contributed by atoms with Crippen LogP contribution < -0.4 is 0 Å². The van der Waals surface area contributed by atoms with Gasteiger partial charge in [-0.25, -0.2) is 0 Å². The Morgan fingerprint density at radius 1 is 0.909 bits per heavy atom. The van der Waals surface area contributed by atoms with Crippen LogP contribution >= 0.6 is 0 Å². The largest absolute Gasteiger partial charge is 0.400 e. The molecule has 0 spiro atoms. The van der Waals surface area contributed by atoms with Crippen molar-refractivity contribution in [3.8, 4) is 0 Å². The highest BCUT2D eigenvalue weighted by Crippen LogP contribution is 1.81. The molecule has 11 heavy (non-hydrogen) atoms. The molecule has 74 valence electrons. The van der Waals surface area contributed by atoms with E-state index in [1.54, 1.807) is 0 Å². The molecule has 0 saturated carbocycles. The van der Waals surface area contributed by atoms with Gasteiger partial charge in [0.2, 0.25) is 0 Å². The van der Waals surface area contributed by atoms with Crippen LogP contribution in [-0.4, -0.2) is 12.2 Å². The van der Waals surface area contributed by atoms with Gasteiger partial charge in [-0.3, -0.25) is 0 Å². The average molecular weight is 164 g/mol. The van der Waals surface area contributed by atoms with E-state index in [2.05, 4.69) is 34.6 Å². The van der Waals surface area contributed by atoms with Gasteiger partial charge in [-0.1, -0.05) is 54.9 Å². The lowest BCUT2D eigenvalue weighted by molar-refractivity contribution is 0.399. The normalized spacial score (nSPS) is 6.00. The summed E-state index contributed by atoms with van der Waals surface area (Å²) in [5.74, 6) is 0.833. The highest BCUT2D eigenvalue weighted by molar-refractivity contribution is 4.20. The van der Waals surface area contributed by atoms with Gasteiger partial charge in [0.15, 0.2) is 0 Å². The molecule has 0 aliphatic heterocycles. The SMILES string of the molecule is CC.CC(C)C.CCC.CO. The van der Waals surface area contributed by atoms with Crippen LogP contribution in [0.4, 0.5) is 0 Å². The monoisotopic (exact) mass is 164 g/mol. The van der Waals surface area contributed by atoms with Gasteiger partial charge in [-0.15, -0.1) is 0 Å². The number of aliphatic hydroxyl groups excluding tert-OH is 1. The van der Waals surface area contributed by atoms with Crippen LogP contribution in [0.2, 0.25) is 0 Å². The summed E-state index contributed by atoms with van der Waals surface area (Å²) in [6.07, 6.45) is 1.25. The van der Waals surface area contributed by atoms with Crippen LogP contribution in [0, 0.1) is 5.92 Å². The minimum absolute atomic E-state index is 0.833. The van der Waals surface area contributed by atoms with Gasteiger partial charge in [0.05, 0.1) is 0 Å². The molecule has 0 aromatic carbocycles. The Hall–Kier alpha value is -0.0400. The number of aliphatic hydroxyl groups is 1. The highest BCUT2D eigenvalue weighted by Gasteiger charge is 1.68. The summed E-state index contributed by atoms with van der Waals surface area (Å²) in [7, 11) is 1.00. The Morgan fingerprint density at radius 2 is 0.909 bits per heavy atom. The number of hydrogen-bond acceptors (Lipinski definition) is 1. The Balaban J connectivity index is -0.0000000315. The predicted molar refractivity (Wildman–Crippen MR) is 56.0 cm³/mol. The minimum atomic E-state index is 0.833. The molecule has 0 bridgehead atoms. The lowest BCUT2D eigenvalue weighted by Crippen LogP contribution is -1.66. The Kier molecular flexibility index (Phi) is 104. The maximum Gasteiger partial charge on any atom is 0.0319 e. The Bertz CT molecular complexity index is 16.1. The number of hydrogen-bond donors (Lipinski definition) is 1. The Labute approximate surface area is 73.8 Å². The molecule has 1 heteroatoms. The molecule has 0 heterocycles. The van der Waals surface area contributed by atoms with Crippen molar-refractivity contribution in [3.05, 3.63) is 0 Å². The van der Waals surface area contributed by atoms with E-state index in [0.717, 1.165) is 13.0 Å². The second-order valence-electron chi connectivity index (χ2n) is 2.44. The zero-order valence-corrected chi connectivity index (χ0v) is 9.73. The van der Waals surface area contributed by atoms with E-state index in [1.807, 2.05) is 13.8 Å². The van der Waals surface area contributed by atoms with E-state index in [9.17, 15) is 0 Å². The van der Waals surface area contributed by atoms with E-state index >= 15 is 0 Å². The quantitative estimate of drug-likeness (QED) is 0.578. The van der Waals surface area contributed by atoms with Gasteiger partial charge < -0.3 is 5.11 Å². The van der Waals surface area contributed by atoms with Gasteiger partial charge in [0.1, 0.15) is 0 Å². The fraction of sp³-hybridized carbons (Fsp3) is 1.00. The second kappa shape index (κ2) is 51.0. The summed E-state index contributed by atoms with van der Waals surface area (Å²) in [6.45, 7) is 14.7. The molecule has 0 radical (unpaired) electrons. The summed E-state index contributed by atoms with van der Waals surface area (Å²) < 4.78 is 0. The van der Waals surface area contributed by atoms with Crippen LogP contribution in [-0.2, 0) is 0 Å². The van der Waals surface area contributed by atoms with Crippen molar-refractivity contribution in [2.24, 2.45) is 5.92 Å². The van der Waals surface area contributed by atoms with Crippen molar-refractivity contribution in [2.45, 2.75) is 54.9 Å². The lowest BCUT2D eigenvalue weighted by Gasteiger charge is -1.79. The summed E-state index contributed by atoms with van der Waals surface area (Å²) in [5.41, 5.74) is 0. The molecular formula is C10H28O. The molecule has 0 aromatic heterocycles. The molecule has 0 aliphatic rings. The van der Waals surface area contributed by atoms with Crippen molar-refractivity contribution in [3.63, 3.8) is 0 Å². The topological polar surface area (TPSA) is 20.2 Å². The molecule has 1 N–H and O–H groups in total. The molecule has 0 amide bonds. The van der Waals surface area contributed by atoms with Gasteiger partial charge in [0, 0.05) is 7.11 Å². The molecule has 1 nitrogen and oxygen atoms in total. The van der Waals surface area contributed by atoms with Gasteiger partial charge in [0.25, 0.3) is 0 Å². The average Bonchev–Trinajstić information content (AvgIpc) is 1.96. The lowest BCUT2D eigenvalue weighted by atomic mass is 10.3. The third-order valence-electron chi connectivity index (χ3n) is 0. The smallest absolute Gasteiger partial charge is 0.0319 e. The molecule has 0 rings (SSSR count). The molecule has 0 aromatic rings. The van der Waals surface area contributed by atoms with E-state index in [1.165, 1.54) is 6.42 Å². The first-order valence-electron chi connectivity index (χ1n) is 4.59. The third kappa shape index (κ3) is 394000. The van der Waals surface area contributed by atoms with Crippen LogP contribution in [0.25, 0.3) is 0 Å². The summed E-state index contributed by atoms with van der Waals surface area (Å²) in [4.78, 5) is 0. The fourth-order valence-corrected chi connectivity index (χ4v) is 0. The first-order valence-corrected chi connectivity index (χ1v) is 4.59. The predicted octanol–water partition coefficient (Wildman–Crippen LogP) is 3.71. The first kappa shape index (κ1) is 22.4. The molecular weight excluding hydrogens is 136 g/mol. The molecule has 0 aliphatic carbocycles. The third-order valence-corrected chi connectivity index (χ3v) is 0. The second-order valence-corrected chi connectivity index (χ2v) is 2.44. The molecule has 0 atom stereocenters. The maximum atomic E-state index is 7.00. The molecule has 0 fully saturated rings. The molecule has 0 unspecified atom stereocenters. The zero-order chi connectivity index (χ0) is 10.3. The van der Waals surface area contributed by atoms with Crippen LogP contribution in [0.3, 0.4) is 0 Å². The minimum Gasteiger partial charge on any atom is -0.400 e. The van der Waals surface area contributed by atoms with Crippen LogP contribution in [0.15, 0.2) is 0 Å². The highest BCUT2D eigenvalue weighted by atomic mass is 16.2. The molecule has 0 saturated heterocycles. The van der Waals surface area contributed by atoms with Crippen molar-refractivity contribution in [2.75, 3.05) is 7.11 Å².